The molecule has 0 nitrogen and oxygen atoms in total. The van der Waals surface area contributed by atoms with E-state index in [4.69, 9.17) is 0 Å². The lowest BCUT2D eigenvalue weighted by Crippen LogP contribution is -2.25. The normalized spacial score (nSPS) is 33.5. The zero-order valence-electron chi connectivity index (χ0n) is 13.3. The largest absolute Gasteiger partial charge is 0.103 e. The molecule has 2 saturated carbocycles. The van der Waals surface area contributed by atoms with Crippen LogP contribution in [0.25, 0.3) is 0 Å². The fraction of sp³-hybridized carbons (Fsp3) is 0.619. The second-order valence-electron chi connectivity index (χ2n) is 7.33. The molecule has 1 aromatic carbocycles. The van der Waals surface area contributed by atoms with Gasteiger partial charge in [-0.2, -0.15) is 0 Å². The van der Waals surface area contributed by atoms with E-state index in [-0.39, 0.29) is 0 Å². The Morgan fingerprint density at radius 1 is 0.810 bits per heavy atom. The Morgan fingerprint density at radius 3 is 1.95 bits per heavy atom. The summed E-state index contributed by atoms with van der Waals surface area (Å²) >= 11 is 0. The van der Waals surface area contributed by atoms with Crippen molar-refractivity contribution in [1.82, 2.24) is 0 Å². The predicted octanol–water partition coefficient (Wildman–Crippen LogP) is 6.34. The first-order valence-corrected chi connectivity index (χ1v) is 9.02. The van der Waals surface area contributed by atoms with E-state index in [1.54, 1.807) is 5.56 Å². The quantitative estimate of drug-likeness (QED) is 0.565. The fourth-order valence-electron chi connectivity index (χ4n) is 4.78. The van der Waals surface area contributed by atoms with Crippen LogP contribution in [0.4, 0.5) is 0 Å². The van der Waals surface area contributed by atoms with Crippen molar-refractivity contribution in [3.63, 3.8) is 0 Å². The second-order valence-corrected chi connectivity index (χ2v) is 7.33. The number of hydrogen-bond donors (Lipinski definition) is 0. The number of benzene rings is 1. The Balaban J connectivity index is 1.47. The SMILES string of the molecule is C=CC[C@H]1CC[C@H](C2CCC(c3ccccc3)CC2)CC1. The van der Waals surface area contributed by atoms with Crippen molar-refractivity contribution in [3.05, 3.63) is 48.6 Å². The van der Waals surface area contributed by atoms with E-state index >= 15 is 0 Å². The third-order valence-corrected chi connectivity index (χ3v) is 6.10. The van der Waals surface area contributed by atoms with Crippen molar-refractivity contribution >= 4 is 0 Å². The molecule has 1 aromatic rings. The van der Waals surface area contributed by atoms with Crippen LogP contribution >= 0.6 is 0 Å². The lowest BCUT2D eigenvalue weighted by atomic mass is 9.68. The smallest absolute Gasteiger partial charge is 0.0162 e. The van der Waals surface area contributed by atoms with E-state index in [0.717, 1.165) is 23.7 Å². The summed E-state index contributed by atoms with van der Waals surface area (Å²) in [6.45, 7) is 3.90. The molecule has 2 fully saturated rings. The summed E-state index contributed by atoms with van der Waals surface area (Å²) in [4.78, 5) is 0. The molecular weight excluding hydrogens is 252 g/mol. The van der Waals surface area contributed by atoms with E-state index in [9.17, 15) is 0 Å². The maximum absolute atomic E-state index is 3.90. The van der Waals surface area contributed by atoms with Gasteiger partial charge in [0.2, 0.25) is 0 Å². The van der Waals surface area contributed by atoms with E-state index in [2.05, 4.69) is 43.0 Å². The number of hydrogen-bond acceptors (Lipinski definition) is 0. The Morgan fingerprint density at radius 2 is 1.38 bits per heavy atom. The minimum atomic E-state index is 0.833. The monoisotopic (exact) mass is 282 g/mol. The van der Waals surface area contributed by atoms with E-state index < -0.39 is 0 Å². The number of allylic oxidation sites excluding steroid dienone is 1. The highest BCUT2D eigenvalue weighted by molar-refractivity contribution is 5.19. The van der Waals surface area contributed by atoms with Gasteiger partial charge in [-0.1, -0.05) is 36.4 Å². The van der Waals surface area contributed by atoms with Crippen LogP contribution in [0.5, 0.6) is 0 Å². The average Bonchev–Trinajstić information content (AvgIpc) is 2.57. The van der Waals surface area contributed by atoms with Crippen molar-refractivity contribution in [3.8, 4) is 0 Å². The van der Waals surface area contributed by atoms with Crippen molar-refractivity contribution < 1.29 is 0 Å². The van der Waals surface area contributed by atoms with Gasteiger partial charge in [0, 0.05) is 0 Å². The van der Waals surface area contributed by atoms with Crippen LogP contribution in [0.2, 0.25) is 0 Å². The van der Waals surface area contributed by atoms with Crippen molar-refractivity contribution in [1.29, 1.82) is 0 Å². The maximum atomic E-state index is 3.90. The van der Waals surface area contributed by atoms with Gasteiger partial charge >= 0.3 is 0 Å². The first-order chi connectivity index (χ1) is 10.4. The van der Waals surface area contributed by atoms with Crippen molar-refractivity contribution in [2.45, 2.75) is 63.7 Å². The van der Waals surface area contributed by atoms with Gasteiger partial charge in [-0.15, -0.1) is 6.58 Å². The molecule has 0 saturated heterocycles. The summed E-state index contributed by atoms with van der Waals surface area (Å²) in [5.74, 6) is 3.83. The highest BCUT2D eigenvalue weighted by Gasteiger charge is 2.30. The van der Waals surface area contributed by atoms with Gasteiger partial charge in [0.1, 0.15) is 0 Å². The number of rotatable bonds is 4. The first kappa shape index (κ1) is 14.9. The molecule has 0 amide bonds. The van der Waals surface area contributed by atoms with Crippen LogP contribution in [0.15, 0.2) is 43.0 Å². The molecule has 21 heavy (non-hydrogen) atoms. The summed E-state index contributed by atoms with van der Waals surface area (Å²) in [5, 5.41) is 0. The summed E-state index contributed by atoms with van der Waals surface area (Å²) < 4.78 is 0. The summed E-state index contributed by atoms with van der Waals surface area (Å²) in [6, 6.07) is 11.2. The molecule has 2 aliphatic rings. The molecule has 0 spiro atoms. The maximum Gasteiger partial charge on any atom is -0.0162 e. The average molecular weight is 282 g/mol. The van der Waals surface area contributed by atoms with Gasteiger partial charge in [-0.05, 0) is 87.0 Å². The van der Waals surface area contributed by atoms with Crippen LogP contribution in [0.3, 0.4) is 0 Å². The Bertz CT molecular complexity index is 417. The van der Waals surface area contributed by atoms with E-state index in [0.29, 0.717) is 0 Å². The topological polar surface area (TPSA) is 0 Å². The molecule has 0 atom stereocenters. The van der Waals surface area contributed by atoms with Gasteiger partial charge in [-0.3, -0.25) is 0 Å². The Kier molecular flexibility index (Phi) is 5.17. The first-order valence-electron chi connectivity index (χ1n) is 9.02. The Hall–Kier alpha value is -1.04. The molecule has 0 radical (unpaired) electrons. The highest BCUT2D eigenvalue weighted by atomic mass is 14.4. The second kappa shape index (κ2) is 7.29. The van der Waals surface area contributed by atoms with Crippen LogP contribution in [0, 0.1) is 17.8 Å². The van der Waals surface area contributed by atoms with Crippen LogP contribution < -0.4 is 0 Å². The molecule has 0 N–H and O–H groups in total. The third kappa shape index (κ3) is 3.78. The molecule has 0 heterocycles. The zero-order chi connectivity index (χ0) is 14.5. The van der Waals surface area contributed by atoms with Gasteiger partial charge in [0.05, 0.1) is 0 Å². The molecule has 3 rings (SSSR count). The molecule has 0 heteroatoms. The lowest BCUT2D eigenvalue weighted by molar-refractivity contribution is 0.161. The molecule has 2 aliphatic carbocycles. The predicted molar refractivity (Wildman–Crippen MR) is 91.4 cm³/mol. The summed E-state index contributed by atoms with van der Waals surface area (Å²) in [7, 11) is 0. The zero-order valence-corrected chi connectivity index (χ0v) is 13.3. The van der Waals surface area contributed by atoms with Gasteiger partial charge in [-0.25, -0.2) is 0 Å². The minimum Gasteiger partial charge on any atom is -0.103 e. The van der Waals surface area contributed by atoms with Gasteiger partial charge < -0.3 is 0 Å². The van der Waals surface area contributed by atoms with Gasteiger partial charge in [0.25, 0.3) is 0 Å². The van der Waals surface area contributed by atoms with Crippen LogP contribution in [-0.2, 0) is 0 Å². The van der Waals surface area contributed by atoms with E-state index in [1.807, 2.05) is 0 Å². The van der Waals surface area contributed by atoms with E-state index in [1.165, 1.54) is 57.8 Å². The van der Waals surface area contributed by atoms with Crippen molar-refractivity contribution in [2.75, 3.05) is 0 Å². The summed E-state index contributed by atoms with van der Waals surface area (Å²) in [6.07, 6.45) is 15.0. The molecule has 0 unspecified atom stereocenters. The van der Waals surface area contributed by atoms with Crippen LogP contribution in [-0.4, -0.2) is 0 Å². The molecule has 0 aromatic heterocycles. The molecule has 0 bridgehead atoms. The third-order valence-electron chi connectivity index (χ3n) is 6.10. The summed E-state index contributed by atoms with van der Waals surface area (Å²) in [5.41, 5.74) is 1.57. The van der Waals surface area contributed by atoms with Gasteiger partial charge in [0.15, 0.2) is 0 Å². The van der Waals surface area contributed by atoms with Crippen LogP contribution in [0.1, 0.15) is 69.3 Å². The Labute approximate surface area is 130 Å². The molecule has 114 valence electrons. The standard InChI is InChI=1S/C21H30/c1-2-6-17-9-11-19(12-10-17)21-15-13-20(14-16-21)18-7-4-3-5-8-18/h2-5,7-8,17,19-21H,1,6,9-16H2/t17-,19-,20?,21?. The highest BCUT2D eigenvalue weighted by Crippen LogP contribution is 2.44. The minimum absolute atomic E-state index is 0.833. The van der Waals surface area contributed by atoms with Crippen molar-refractivity contribution in [2.24, 2.45) is 17.8 Å². The lowest BCUT2D eigenvalue weighted by Gasteiger charge is -2.38. The molecule has 0 aliphatic heterocycles. The molecular formula is C21H30. The fourth-order valence-corrected chi connectivity index (χ4v) is 4.78.